The van der Waals surface area contributed by atoms with Crippen molar-refractivity contribution in [2.24, 2.45) is 28.8 Å². The van der Waals surface area contributed by atoms with Crippen LogP contribution in [-0.4, -0.2) is 29.6 Å². The highest BCUT2D eigenvalue weighted by molar-refractivity contribution is 14.1. The smallest absolute Gasteiger partial charge is 0.254 e. The number of amides is 2. The summed E-state index contributed by atoms with van der Waals surface area (Å²) in [5, 5.41) is 5.35. The summed E-state index contributed by atoms with van der Waals surface area (Å²) < 4.78 is 13.8. The molecular weight excluding hydrogens is 599 g/mol. The first-order chi connectivity index (χ1) is 16.0. The van der Waals surface area contributed by atoms with Gasteiger partial charge in [-0.25, -0.2) is 0 Å². The van der Waals surface area contributed by atoms with Gasteiger partial charge in [0.15, 0.2) is 11.5 Å². The summed E-state index contributed by atoms with van der Waals surface area (Å²) in [5.74, 6) is 0.716. The Bertz CT molecular complexity index is 1130. The van der Waals surface area contributed by atoms with Crippen molar-refractivity contribution < 1.29 is 19.1 Å². The van der Waals surface area contributed by atoms with E-state index in [-0.39, 0.29) is 35.5 Å². The Balaban J connectivity index is 1.34. The van der Waals surface area contributed by atoms with Gasteiger partial charge in [0, 0.05) is 4.47 Å². The third-order valence-electron chi connectivity index (χ3n) is 6.40. The molecule has 6 nitrogen and oxygen atoms in total. The van der Waals surface area contributed by atoms with E-state index in [4.69, 9.17) is 9.47 Å². The molecule has 1 heterocycles. The van der Waals surface area contributed by atoms with Crippen LogP contribution in [0, 0.1) is 27.2 Å². The lowest BCUT2D eigenvalue weighted by molar-refractivity contribution is -0.140. The topological polar surface area (TPSA) is 68.2 Å². The number of hydrogen-bond acceptors (Lipinski definition) is 5. The van der Waals surface area contributed by atoms with E-state index >= 15 is 0 Å². The number of rotatable bonds is 7. The fourth-order valence-corrected chi connectivity index (χ4v) is 5.97. The molecule has 0 unspecified atom stereocenters. The molecule has 33 heavy (non-hydrogen) atoms. The van der Waals surface area contributed by atoms with E-state index in [0.717, 1.165) is 30.6 Å². The summed E-state index contributed by atoms with van der Waals surface area (Å²) in [4.78, 5) is 25.7. The number of carbonyl (C=O) groups excluding carboxylic acids is 2. The second-order valence-corrected chi connectivity index (χ2v) is 10.5. The van der Waals surface area contributed by atoms with Gasteiger partial charge in [-0.3, -0.25) is 9.59 Å². The molecule has 5 rings (SSSR count). The van der Waals surface area contributed by atoms with Gasteiger partial charge in [0.1, 0.15) is 6.61 Å². The van der Waals surface area contributed by atoms with Gasteiger partial charge >= 0.3 is 0 Å². The first-order valence-electron chi connectivity index (χ1n) is 10.9. The van der Waals surface area contributed by atoms with Crippen molar-refractivity contribution in [3.05, 3.63) is 67.7 Å². The first kappa shape index (κ1) is 22.6. The minimum Gasteiger partial charge on any atom is -0.490 e. The summed E-state index contributed by atoms with van der Waals surface area (Å²) in [6.45, 7) is 2.80. The van der Waals surface area contributed by atoms with E-state index in [0.29, 0.717) is 24.7 Å². The van der Waals surface area contributed by atoms with Gasteiger partial charge in [0.25, 0.3) is 11.8 Å². The van der Waals surface area contributed by atoms with Crippen LogP contribution in [0.3, 0.4) is 0 Å². The quantitative estimate of drug-likeness (QED) is 0.185. The summed E-state index contributed by atoms with van der Waals surface area (Å²) in [6, 6.07) is 11.7. The number of allylic oxidation sites excluding steroid dienone is 2. The number of nitrogens with zero attached hydrogens (tertiary/aromatic N) is 2. The van der Waals surface area contributed by atoms with Gasteiger partial charge < -0.3 is 9.47 Å². The molecule has 1 aliphatic heterocycles. The number of halogens is 2. The van der Waals surface area contributed by atoms with Gasteiger partial charge in [-0.15, -0.1) is 0 Å². The minimum atomic E-state index is -0.252. The lowest BCUT2D eigenvalue weighted by Gasteiger charge is -2.15. The standard InChI is InChI=1S/C25H22BrIN2O4/c1-2-32-20-10-15(9-19(27)23(20)33-13-14-3-7-18(26)8-4-14)12-28-29-24(30)21-16-5-6-17(11-16)22(21)25(29)31/h3-10,12,16-17,21-22H,2,11,13H2,1H3/t16-,17-,21-,22+/m0/s1. The van der Waals surface area contributed by atoms with Crippen molar-refractivity contribution in [2.45, 2.75) is 20.0 Å². The molecule has 170 valence electrons. The van der Waals surface area contributed by atoms with Gasteiger partial charge in [-0.2, -0.15) is 10.1 Å². The normalized spacial score (nSPS) is 25.4. The number of imide groups is 1. The summed E-state index contributed by atoms with van der Waals surface area (Å²) in [7, 11) is 0. The molecule has 0 N–H and O–H groups in total. The zero-order valence-corrected chi connectivity index (χ0v) is 21.7. The maximum absolute atomic E-state index is 12.8. The molecule has 4 atom stereocenters. The van der Waals surface area contributed by atoms with E-state index in [1.807, 2.05) is 43.3 Å². The monoisotopic (exact) mass is 620 g/mol. The van der Waals surface area contributed by atoms with Crippen LogP contribution in [0.25, 0.3) is 0 Å². The number of hydrogen-bond donors (Lipinski definition) is 0. The minimum absolute atomic E-state index is 0.171. The number of benzene rings is 2. The maximum Gasteiger partial charge on any atom is 0.254 e. The molecule has 8 heteroatoms. The fourth-order valence-electron chi connectivity index (χ4n) is 4.93. The first-order valence-corrected chi connectivity index (χ1v) is 12.8. The Kier molecular flexibility index (Phi) is 6.30. The van der Waals surface area contributed by atoms with E-state index in [2.05, 4.69) is 55.8 Å². The second-order valence-electron chi connectivity index (χ2n) is 8.41. The lowest BCUT2D eigenvalue weighted by atomic mass is 9.85. The van der Waals surface area contributed by atoms with Crippen LogP contribution >= 0.6 is 38.5 Å². The van der Waals surface area contributed by atoms with Crippen LogP contribution in [0.15, 0.2) is 58.1 Å². The highest BCUT2D eigenvalue weighted by Gasteiger charge is 2.59. The van der Waals surface area contributed by atoms with Crippen LogP contribution in [0.2, 0.25) is 0 Å². The summed E-state index contributed by atoms with van der Waals surface area (Å²) in [6.07, 6.45) is 6.61. The molecule has 2 aromatic rings. The Labute approximate surface area is 214 Å². The predicted octanol–water partition coefficient (Wildman–Crippen LogP) is 5.17. The average Bonchev–Trinajstić information content (AvgIpc) is 3.47. The summed E-state index contributed by atoms with van der Waals surface area (Å²) >= 11 is 5.64. The highest BCUT2D eigenvalue weighted by Crippen LogP contribution is 2.52. The van der Waals surface area contributed by atoms with Crippen LogP contribution in [0.4, 0.5) is 0 Å². The van der Waals surface area contributed by atoms with Gasteiger partial charge in [0.2, 0.25) is 0 Å². The second kappa shape index (κ2) is 9.21. The van der Waals surface area contributed by atoms with Gasteiger partial charge in [0.05, 0.1) is 28.2 Å². The van der Waals surface area contributed by atoms with Crippen molar-refractivity contribution in [2.75, 3.05) is 6.61 Å². The molecule has 2 fully saturated rings. The molecule has 1 saturated carbocycles. The maximum atomic E-state index is 12.8. The third-order valence-corrected chi connectivity index (χ3v) is 7.73. The van der Waals surface area contributed by atoms with Crippen LogP contribution in [-0.2, 0) is 16.2 Å². The molecule has 2 aliphatic carbocycles. The van der Waals surface area contributed by atoms with Crippen molar-refractivity contribution >= 4 is 56.5 Å². The van der Waals surface area contributed by atoms with Gasteiger partial charge in [-0.05, 0) is 83.2 Å². The summed E-state index contributed by atoms with van der Waals surface area (Å²) in [5.41, 5.74) is 1.78. The van der Waals surface area contributed by atoms with Gasteiger partial charge in [-0.1, -0.05) is 40.2 Å². The van der Waals surface area contributed by atoms with Crippen molar-refractivity contribution in [3.8, 4) is 11.5 Å². The SMILES string of the molecule is CCOc1cc(C=NN2C(=O)[C@@H]3[C@H](C2=O)[C@H]2C=C[C@H]3C2)cc(I)c1OCc1ccc(Br)cc1. The molecule has 2 amide bonds. The van der Waals surface area contributed by atoms with Crippen LogP contribution < -0.4 is 9.47 Å². The molecule has 2 bridgehead atoms. The molecular formula is C25H22BrIN2O4. The van der Waals surface area contributed by atoms with Crippen LogP contribution in [0.1, 0.15) is 24.5 Å². The molecule has 3 aliphatic rings. The highest BCUT2D eigenvalue weighted by atomic mass is 127. The lowest BCUT2D eigenvalue weighted by Crippen LogP contribution is -2.28. The van der Waals surface area contributed by atoms with E-state index in [1.54, 1.807) is 6.21 Å². The predicted molar refractivity (Wildman–Crippen MR) is 136 cm³/mol. The van der Waals surface area contributed by atoms with Crippen molar-refractivity contribution in [1.82, 2.24) is 5.01 Å². The molecule has 1 saturated heterocycles. The largest absolute Gasteiger partial charge is 0.490 e. The van der Waals surface area contributed by atoms with Crippen molar-refractivity contribution in [1.29, 1.82) is 0 Å². The number of carbonyl (C=O) groups is 2. The average molecular weight is 621 g/mol. The Morgan fingerprint density at radius 1 is 1.09 bits per heavy atom. The number of fused-ring (bicyclic) bond motifs is 5. The number of hydrazone groups is 1. The molecule has 0 aromatic heterocycles. The van der Waals surface area contributed by atoms with Crippen LogP contribution in [0.5, 0.6) is 11.5 Å². The van der Waals surface area contributed by atoms with E-state index in [9.17, 15) is 9.59 Å². The molecule has 0 spiro atoms. The molecule has 2 aromatic carbocycles. The van der Waals surface area contributed by atoms with E-state index in [1.165, 1.54) is 0 Å². The Morgan fingerprint density at radius 2 is 1.76 bits per heavy atom. The third kappa shape index (κ3) is 4.23. The van der Waals surface area contributed by atoms with Crippen molar-refractivity contribution in [3.63, 3.8) is 0 Å². The molecule has 0 radical (unpaired) electrons. The zero-order chi connectivity index (χ0) is 23.1. The number of ether oxygens (including phenoxy) is 2. The fraction of sp³-hybridized carbons (Fsp3) is 0.320. The van der Waals surface area contributed by atoms with E-state index < -0.39 is 0 Å². The zero-order valence-electron chi connectivity index (χ0n) is 17.9. The Morgan fingerprint density at radius 3 is 2.39 bits per heavy atom. The Hall–Kier alpha value is -2.20.